The number of hydrogen-bond donors (Lipinski definition) is 2. The third kappa shape index (κ3) is 2.75. The van der Waals surface area contributed by atoms with Crippen LogP contribution in [0.1, 0.15) is 18.4 Å². The molecule has 1 saturated heterocycles. The molecule has 1 aliphatic heterocycles. The van der Waals surface area contributed by atoms with E-state index in [-0.39, 0.29) is 0 Å². The van der Waals surface area contributed by atoms with Crippen molar-refractivity contribution >= 4 is 21.6 Å². The van der Waals surface area contributed by atoms with Gasteiger partial charge in [-0.25, -0.2) is 0 Å². The summed E-state index contributed by atoms with van der Waals surface area (Å²) < 4.78 is 1.00. The number of nitrogens with one attached hydrogen (secondary N) is 2. The summed E-state index contributed by atoms with van der Waals surface area (Å²) in [6.07, 6.45) is 2.22. The van der Waals surface area contributed by atoms with Gasteiger partial charge in [0.2, 0.25) is 0 Å². The van der Waals surface area contributed by atoms with E-state index < -0.39 is 0 Å². The second kappa shape index (κ2) is 5.33. The van der Waals surface area contributed by atoms with Crippen molar-refractivity contribution in [1.29, 1.82) is 5.26 Å². The van der Waals surface area contributed by atoms with Crippen molar-refractivity contribution in [3.05, 3.63) is 28.2 Å². The molecule has 4 heteroatoms. The minimum absolute atomic E-state index is 0.475. The van der Waals surface area contributed by atoms with Gasteiger partial charge in [0, 0.05) is 10.5 Å². The molecule has 0 bridgehead atoms. The van der Waals surface area contributed by atoms with Crippen molar-refractivity contribution in [2.45, 2.75) is 18.9 Å². The van der Waals surface area contributed by atoms with Crippen molar-refractivity contribution < 1.29 is 0 Å². The molecule has 0 aliphatic carbocycles. The van der Waals surface area contributed by atoms with E-state index in [1.54, 1.807) is 0 Å². The summed E-state index contributed by atoms with van der Waals surface area (Å²) in [5.74, 6) is 0. The minimum atomic E-state index is 0.475. The van der Waals surface area contributed by atoms with Gasteiger partial charge in [-0.3, -0.25) is 0 Å². The van der Waals surface area contributed by atoms with Crippen LogP contribution in [0, 0.1) is 11.3 Å². The van der Waals surface area contributed by atoms with Crippen LogP contribution in [0.2, 0.25) is 0 Å². The number of piperidine rings is 1. The van der Waals surface area contributed by atoms with Crippen LogP contribution in [-0.2, 0) is 0 Å². The van der Waals surface area contributed by atoms with Gasteiger partial charge in [0.15, 0.2) is 0 Å². The fourth-order valence-corrected chi connectivity index (χ4v) is 2.28. The first kappa shape index (κ1) is 11.4. The third-order valence-corrected chi connectivity index (χ3v) is 3.29. The second-order valence-electron chi connectivity index (χ2n) is 3.97. The first-order valence-electron chi connectivity index (χ1n) is 5.46. The molecule has 1 fully saturated rings. The number of hydrogen-bond acceptors (Lipinski definition) is 3. The smallest absolute Gasteiger partial charge is 0.101 e. The van der Waals surface area contributed by atoms with Gasteiger partial charge in [0.1, 0.15) is 6.07 Å². The molecule has 1 aliphatic rings. The Bertz CT molecular complexity index is 405. The van der Waals surface area contributed by atoms with Crippen molar-refractivity contribution in [3.63, 3.8) is 0 Å². The number of nitriles is 1. The fraction of sp³-hybridized carbons (Fsp3) is 0.417. The highest BCUT2D eigenvalue weighted by molar-refractivity contribution is 9.10. The number of nitrogens with zero attached hydrogens (tertiary/aromatic N) is 1. The molecule has 2 N–H and O–H groups in total. The quantitative estimate of drug-likeness (QED) is 0.875. The Morgan fingerprint density at radius 1 is 1.38 bits per heavy atom. The van der Waals surface area contributed by atoms with Crippen LogP contribution in [0.15, 0.2) is 22.7 Å². The summed E-state index contributed by atoms with van der Waals surface area (Å²) in [7, 11) is 0. The number of anilines is 1. The second-order valence-corrected chi connectivity index (χ2v) is 4.89. The van der Waals surface area contributed by atoms with Gasteiger partial charge in [-0.15, -0.1) is 0 Å². The zero-order valence-corrected chi connectivity index (χ0v) is 10.5. The lowest BCUT2D eigenvalue weighted by Gasteiger charge is -2.25. The van der Waals surface area contributed by atoms with Gasteiger partial charge in [0.05, 0.1) is 11.3 Å². The molecule has 2 rings (SSSR count). The highest BCUT2D eigenvalue weighted by Gasteiger charge is 2.14. The van der Waals surface area contributed by atoms with Gasteiger partial charge < -0.3 is 10.6 Å². The standard InChI is InChI=1S/C12H14BrN3/c13-10-2-1-9(8-14)12(7-10)16-11-3-5-15-6-4-11/h1-2,7,11,15-16H,3-6H2. The molecular weight excluding hydrogens is 266 g/mol. The molecule has 16 heavy (non-hydrogen) atoms. The molecular formula is C12H14BrN3. The predicted molar refractivity (Wildman–Crippen MR) is 68.4 cm³/mol. The van der Waals surface area contributed by atoms with Crippen LogP contribution in [0.3, 0.4) is 0 Å². The Kier molecular flexibility index (Phi) is 3.81. The highest BCUT2D eigenvalue weighted by Crippen LogP contribution is 2.22. The maximum Gasteiger partial charge on any atom is 0.101 e. The predicted octanol–water partition coefficient (Wildman–Crippen LogP) is 2.48. The first-order valence-corrected chi connectivity index (χ1v) is 6.26. The van der Waals surface area contributed by atoms with Crippen LogP contribution in [0.4, 0.5) is 5.69 Å². The Balaban J connectivity index is 2.13. The van der Waals surface area contributed by atoms with E-state index in [0.29, 0.717) is 11.6 Å². The van der Waals surface area contributed by atoms with E-state index in [0.717, 1.165) is 36.1 Å². The summed E-state index contributed by atoms with van der Waals surface area (Å²) in [6.45, 7) is 2.10. The van der Waals surface area contributed by atoms with Crippen molar-refractivity contribution in [2.75, 3.05) is 18.4 Å². The lowest BCUT2D eigenvalue weighted by molar-refractivity contribution is 0.479. The fourth-order valence-electron chi connectivity index (χ4n) is 1.92. The van der Waals surface area contributed by atoms with Crippen LogP contribution >= 0.6 is 15.9 Å². The number of rotatable bonds is 2. The summed E-state index contributed by atoms with van der Waals surface area (Å²) in [4.78, 5) is 0. The monoisotopic (exact) mass is 279 g/mol. The van der Waals surface area contributed by atoms with Crippen LogP contribution in [0.25, 0.3) is 0 Å². The molecule has 0 aromatic heterocycles. The van der Waals surface area contributed by atoms with E-state index in [9.17, 15) is 0 Å². The normalized spacial score (nSPS) is 16.8. The largest absolute Gasteiger partial charge is 0.381 e. The maximum absolute atomic E-state index is 9.02. The van der Waals surface area contributed by atoms with Crippen LogP contribution in [0.5, 0.6) is 0 Å². The summed E-state index contributed by atoms with van der Waals surface area (Å²) in [5.41, 5.74) is 1.64. The lowest BCUT2D eigenvalue weighted by Crippen LogP contribution is -2.35. The van der Waals surface area contributed by atoms with Gasteiger partial charge in [-0.1, -0.05) is 15.9 Å². The zero-order valence-electron chi connectivity index (χ0n) is 8.96. The van der Waals surface area contributed by atoms with Gasteiger partial charge in [-0.2, -0.15) is 5.26 Å². The third-order valence-electron chi connectivity index (χ3n) is 2.80. The van der Waals surface area contributed by atoms with Crippen LogP contribution in [-0.4, -0.2) is 19.1 Å². The van der Waals surface area contributed by atoms with E-state index in [2.05, 4.69) is 32.6 Å². The average Bonchev–Trinajstić information content (AvgIpc) is 2.31. The minimum Gasteiger partial charge on any atom is -0.381 e. The van der Waals surface area contributed by atoms with Crippen molar-refractivity contribution in [3.8, 4) is 6.07 Å². The van der Waals surface area contributed by atoms with Crippen molar-refractivity contribution in [2.24, 2.45) is 0 Å². The molecule has 0 atom stereocenters. The molecule has 3 nitrogen and oxygen atoms in total. The molecule has 0 saturated carbocycles. The first-order chi connectivity index (χ1) is 7.79. The Labute approximate surface area is 104 Å². The summed E-state index contributed by atoms with van der Waals surface area (Å²) >= 11 is 3.43. The molecule has 1 aromatic rings. The van der Waals surface area contributed by atoms with Gasteiger partial charge >= 0.3 is 0 Å². The number of halogens is 1. The molecule has 0 radical (unpaired) electrons. The average molecular weight is 280 g/mol. The van der Waals surface area contributed by atoms with Gasteiger partial charge in [-0.05, 0) is 44.1 Å². The van der Waals surface area contributed by atoms with E-state index in [1.165, 1.54) is 0 Å². The Morgan fingerprint density at radius 2 is 2.12 bits per heavy atom. The van der Waals surface area contributed by atoms with E-state index in [4.69, 9.17) is 5.26 Å². The molecule has 0 unspecified atom stereocenters. The topological polar surface area (TPSA) is 47.9 Å². The summed E-state index contributed by atoms with van der Waals surface area (Å²) in [5, 5.41) is 15.8. The lowest BCUT2D eigenvalue weighted by atomic mass is 10.1. The SMILES string of the molecule is N#Cc1ccc(Br)cc1NC1CCNCC1. The van der Waals surface area contributed by atoms with Gasteiger partial charge in [0.25, 0.3) is 0 Å². The molecule has 1 heterocycles. The Hall–Kier alpha value is -1.05. The maximum atomic E-state index is 9.02. The van der Waals surface area contributed by atoms with E-state index in [1.807, 2.05) is 18.2 Å². The molecule has 1 aromatic carbocycles. The van der Waals surface area contributed by atoms with E-state index >= 15 is 0 Å². The Morgan fingerprint density at radius 3 is 2.81 bits per heavy atom. The number of benzene rings is 1. The molecule has 0 amide bonds. The summed E-state index contributed by atoms with van der Waals surface area (Å²) in [6, 6.07) is 8.40. The van der Waals surface area contributed by atoms with Crippen LogP contribution < -0.4 is 10.6 Å². The zero-order chi connectivity index (χ0) is 11.4. The molecule has 0 spiro atoms. The highest BCUT2D eigenvalue weighted by atomic mass is 79.9. The van der Waals surface area contributed by atoms with Crippen molar-refractivity contribution in [1.82, 2.24) is 5.32 Å². The molecule has 84 valence electrons.